The zero-order valence-corrected chi connectivity index (χ0v) is 27.8. The smallest absolute Gasteiger partial charge is 0.255 e. The number of anilines is 2. The van der Waals surface area contributed by atoms with Crippen LogP contribution in [-0.4, -0.2) is 44.0 Å². The third kappa shape index (κ3) is 11.7. The van der Waals surface area contributed by atoms with Crippen LogP contribution in [0, 0.1) is 0 Å². The van der Waals surface area contributed by atoms with Gasteiger partial charge in [0.1, 0.15) is 0 Å². The van der Waals surface area contributed by atoms with Crippen molar-refractivity contribution < 1.29 is 14.1 Å². The maximum atomic E-state index is 12.8. The van der Waals surface area contributed by atoms with Gasteiger partial charge >= 0.3 is 0 Å². The second-order valence-electron chi connectivity index (χ2n) is 12.8. The molecule has 2 amide bonds. The number of azo groups is 1. The second kappa shape index (κ2) is 17.2. The number of benzene rings is 4. The molecule has 0 radical (unpaired) electrons. The SMILES string of the molecule is CCc1ccc(C(=O)Nc2ccc(/N=N/c3ccc(NC(=O)c4ccc(CCCCCCCC[N+](C)(C)C)cc4)cc3)cc2)cc1. The van der Waals surface area contributed by atoms with Crippen LogP contribution in [0.2, 0.25) is 0 Å². The van der Waals surface area contributed by atoms with Crippen molar-refractivity contribution in [3.63, 3.8) is 0 Å². The first-order chi connectivity index (χ1) is 22.2. The fourth-order valence-corrected chi connectivity index (χ4v) is 5.08. The number of unbranched alkanes of at least 4 members (excludes halogenated alkanes) is 5. The van der Waals surface area contributed by atoms with E-state index >= 15 is 0 Å². The summed E-state index contributed by atoms with van der Waals surface area (Å²) >= 11 is 0. The van der Waals surface area contributed by atoms with E-state index in [9.17, 15) is 9.59 Å². The predicted octanol–water partition coefficient (Wildman–Crippen LogP) is 9.76. The van der Waals surface area contributed by atoms with E-state index < -0.39 is 0 Å². The molecule has 0 aliphatic carbocycles. The van der Waals surface area contributed by atoms with Gasteiger partial charge in [-0.15, -0.1) is 0 Å². The van der Waals surface area contributed by atoms with Crippen molar-refractivity contribution in [1.82, 2.24) is 0 Å². The Kier molecular flexibility index (Phi) is 12.8. The molecule has 0 aliphatic heterocycles. The van der Waals surface area contributed by atoms with E-state index in [0.29, 0.717) is 33.9 Å². The van der Waals surface area contributed by atoms with E-state index in [1.54, 1.807) is 24.3 Å². The van der Waals surface area contributed by atoms with Gasteiger partial charge in [-0.1, -0.05) is 50.5 Å². The summed E-state index contributed by atoms with van der Waals surface area (Å²) in [5.74, 6) is -0.292. The molecule has 4 rings (SSSR count). The van der Waals surface area contributed by atoms with Gasteiger partial charge in [0.2, 0.25) is 0 Å². The molecule has 0 spiro atoms. The van der Waals surface area contributed by atoms with E-state index in [1.165, 1.54) is 56.2 Å². The van der Waals surface area contributed by atoms with Crippen LogP contribution in [0.1, 0.15) is 77.3 Å². The molecule has 0 aliphatic rings. The van der Waals surface area contributed by atoms with Gasteiger partial charge in [0.15, 0.2) is 0 Å². The number of nitrogens with zero attached hydrogens (tertiary/aromatic N) is 3. The molecule has 240 valence electrons. The van der Waals surface area contributed by atoms with Crippen molar-refractivity contribution >= 4 is 34.6 Å². The fourth-order valence-electron chi connectivity index (χ4n) is 5.08. The minimum absolute atomic E-state index is 0.139. The molecule has 0 heterocycles. The lowest BCUT2D eigenvalue weighted by molar-refractivity contribution is -0.870. The Balaban J connectivity index is 1.17. The largest absolute Gasteiger partial charge is 0.331 e. The maximum absolute atomic E-state index is 12.8. The summed E-state index contributed by atoms with van der Waals surface area (Å²) in [5.41, 5.74) is 6.43. The summed E-state index contributed by atoms with van der Waals surface area (Å²) < 4.78 is 1.05. The van der Waals surface area contributed by atoms with Gasteiger partial charge in [0.05, 0.1) is 39.1 Å². The van der Waals surface area contributed by atoms with Crippen LogP contribution in [0.3, 0.4) is 0 Å². The second-order valence-corrected chi connectivity index (χ2v) is 12.8. The van der Waals surface area contributed by atoms with Gasteiger partial charge in [-0.2, -0.15) is 10.2 Å². The highest BCUT2D eigenvalue weighted by Gasteiger charge is 2.08. The number of carbonyl (C=O) groups excluding carboxylic acids is 2. The Bertz CT molecular complexity index is 1550. The summed E-state index contributed by atoms with van der Waals surface area (Å²) in [6.45, 7) is 3.33. The Hall–Kier alpha value is -4.62. The van der Waals surface area contributed by atoms with Crippen molar-refractivity contribution in [2.24, 2.45) is 10.2 Å². The number of hydrogen-bond donors (Lipinski definition) is 2. The fraction of sp³-hybridized carbons (Fsp3) is 0.333. The van der Waals surface area contributed by atoms with Crippen molar-refractivity contribution in [3.8, 4) is 0 Å². The van der Waals surface area contributed by atoms with Crippen molar-refractivity contribution in [2.75, 3.05) is 38.3 Å². The summed E-state index contributed by atoms with van der Waals surface area (Å²) in [6.07, 6.45) is 9.65. The number of hydrogen-bond acceptors (Lipinski definition) is 4. The molecule has 0 saturated carbocycles. The zero-order valence-electron chi connectivity index (χ0n) is 27.8. The topological polar surface area (TPSA) is 82.9 Å². The van der Waals surface area contributed by atoms with Crippen molar-refractivity contribution in [3.05, 3.63) is 119 Å². The predicted molar refractivity (Wildman–Crippen MR) is 190 cm³/mol. The Morgan fingerprint density at radius 3 is 1.39 bits per heavy atom. The molecule has 7 nitrogen and oxygen atoms in total. The van der Waals surface area contributed by atoms with Crippen molar-refractivity contribution in [2.45, 2.75) is 58.3 Å². The van der Waals surface area contributed by atoms with Crippen LogP contribution in [-0.2, 0) is 12.8 Å². The first kappa shape index (κ1) is 34.3. The van der Waals surface area contributed by atoms with Crippen LogP contribution in [0.4, 0.5) is 22.7 Å². The Morgan fingerprint density at radius 2 is 0.957 bits per heavy atom. The quantitative estimate of drug-likeness (QED) is 0.0744. The summed E-state index contributed by atoms with van der Waals surface area (Å²) in [5, 5.41) is 14.5. The minimum Gasteiger partial charge on any atom is -0.331 e. The molecular formula is C39H48N5O2+. The van der Waals surface area contributed by atoms with Crippen molar-refractivity contribution in [1.29, 1.82) is 0 Å². The lowest BCUT2D eigenvalue weighted by Gasteiger charge is -2.23. The summed E-state index contributed by atoms with van der Waals surface area (Å²) in [7, 11) is 6.76. The van der Waals surface area contributed by atoms with E-state index in [2.05, 4.69) is 61.1 Å². The molecule has 46 heavy (non-hydrogen) atoms. The maximum Gasteiger partial charge on any atom is 0.255 e. The van der Waals surface area contributed by atoms with Gasteiger partial charge in [0.25, 0.3) is 11.8 Å². The highest BCUT2D eigenvalue weighted by molar-refractivity contribution is 6.05. The third-order valence-corrected chi connectivity index (χ3v) is 7.92. The number of quaternary nitrogens is 1. The molecule has 0 fully saturated rings. The number of aryl methyl sites for hydroxylation is 2. The molecule has 0 saturated heterocycles. The average Bonchev–Trinajstić information content (AvgIpc) is 3.06. The van der Waals surface area contributed by atoms with E-state index in [4.69, 9.17) is 0 Å². The molecule has 4 aromatic carbocycles. The first-order valence-corrected chi connectivity index (χ1v) is 16.4. The molecule has 4 aromatic rings. The molecule has 0 unspecified atom stereocenters. The van der Waals surface area contributed by atoms with Crippen LogP contribution >= 0.6 is 0 Å². The Morgan fingerprint density at radius 1 is 0.543 bits per heavy atom. The van der Waals surface area contributed by atoms with Gasteiger partial charge in [-0.3, -0.25) is 9.59 Å². The minimum atomic E-state index is -0.153. The first-order valence-electron chi connectivity index (χ1n) is 16.4. The Labute approximate surface area is 274 Å². The lowest BCUT2D eigenvalue weighted by Crippen LogP contribution is -2.35. The molecule has 0 bridgehead atoms. The third-order valence-electron chi connectivity index (χ3n) is 7.92. The van der Waals surface area contributed by atoms with Crippen LogP contribution in [0.25, 0.3) is 0 Å². The van der Waals surface area contributed by atoms with Gasteiger partial charge in [-0.25, -0.2) is 0 Å². The van der Waals surface area contributed by atoms with Gasteiger partial charge in [0, 0.05) is 22.5 Å². The molecular weight excluding hydrogens is 570 g/mol. The van der Waals surface area contributed by atoms with E-state index in [0.717, 1.165) is 17.3 Å². The number of amides is 2. The average molecular weight is 619 g/mol. The monoisotopic (exact) mass is 618 g/mol. The highest BCUT2D eigenvalue weighted by Crippen LogP contribution is 2.23. The summed E-state index contributed by atoms with van der Waals surface area (Å²) in [4.78, 5) is 25.3. The molecule has 7 heteroatoms. The standard InChI is InChI=1S/C39H47N5O2/c1-5-30-13-17-32(18-14-30)38(45)40-34-21-25-36(26-22-34)42-43-37-27-23-35(24-28-37)41-39(46)33-19-15-31(16-20-33)12-10-8-6-7-9-11-29-44(2,3)4/h13-28H,5-12,29H2,1-4H3,(H-,40,41,42,43,45,46)/p+1. The van der Waals surface area contributed by atoms with Crippen LogP contribution in [0.5, 0.6) is 0 Å². The van der Waals surface area contributed by atoms with Gasteiger partial charge < -0.3 is 15.1 Å². The van der Waals surface area contributed by atoms with E-state index in [-0.39, 0.29) is 11.8 Å². The molecule has 0 aromatic heterocycles. The van der Waals surface area contributed by atoms with E-state index in [1.807, 2.05) is 60.7 Å². The lowest BCUT2D eigenvalue weighted by atomic mass is 10.0. The van der Waals surface area contributed by atoms with Crippen LogP contribution in [0.15, 0.2) is 107 Å². The highest BCUT2D eigenvalue weighted by atomic mass is 16.2. The number of rotatable bonds is 16. The molecule has 0 atom stereocenters. The molecule has 2 N–H and O–H groups in total. The number of nitrogens with one attached hydrogen (secondary N) is 2. The summed E-state index contributed by atoms with van der Waals surface area (Å²) in [6, 6.07) is 30.0. The van der Waals surface area contributed by atoms with Gasteiger partial charge in [-0.05, 0) is 116 Å². The zero-order chi connectivity index (χ0) is 32.8. The normalized spacial score (nSPS) is 11.5. The number of carbonyl (C=O) groups is 2. The van der Waals surface area contributed by atoms with Crippen LogP contribution < -0.4 is 10.6 Å².